The Morgan fingerprint density at radius 1 is 1.27 bits per heavy atom. The van der Waals surface area contributed by atoms with Gasteiger partial charge in [-0.25, -0.2) is 0 Å². The molecule has 26 heavy (non-hydrogen) atoms. The summed E-state index contributed by atoms with van der Waals surface area (Å²) in [6.07, 6.45) is 15.6. The van der Waals surface area contributed by atoms with Crippen LogP contribution in [0.3, 0.4) is 0 Å². The number of allylic oxidation sites excluding steroid dienone is 1. The summed E-state index contributed by atoms with van der Waals surface area (Å²) in [5.74, 6) is 1.19. The fraction of sp³-hybridized carbons (Fsp3) is 0.524. The van der Waals surface area contributed by atoms with Gasteiger partial charge in [-0.1, -0.05) is 50.7 Å². The standard InChI is InChI=1S/C19H26O2S.C2H5NO/c1-22-18(14-20)13-17-11-10-16(12-19(17)21)9-5-8-15-6-3-2-4-7-15;1-3-2-4/h10-15,21H,2-9H2,1H3;2H,1H3,(H,3,4)/b18-13-;. The summed E-state index contributed by atoms with van der Waals surface area (Å²) in [5, 5.41) is 12.4. The van der Waals surface area contributed by atoms with Crippen molar-refractivity contribution in [3.63, 3.8) is 0 Å². The summed E-state index contributed by atoms with van der Waals surface area (Å²) in [6, 6.07) is 5.82. The maximum absolute atomic E-state index is 10.8. The average molecular weight is 378 g/mol. The van der Waals surface area contributed by atoms with Crippen molar-refractivity contribution < 1.29 is 14.7 Å². The zero-order chi connectivity index (χ0) is 19.2. The van der Waals surface area contributed by atoms with E-state index in [0.717, 1.165) is 18.6 Å². The molecule has 0 heterocycles. The average Bonchev–Trinajstić information content (AvgIpc) is 2.68. The number of hydrogen-bond acceptors (Lipinski definition) is 4. The molecule has 1 saturated carbocycles. The zero-order valence-electron chi connectivity index (χ0n) is 15.9. The van der Waals surface area contributed by atoms with Gasteiger partial charge in [-0.15, -0.1) is 11.8 Å². The minimum atomic E-state index is 0.267. The Balaban J connectivity index is 0.000000765. The van der Waals surface area contributed by atoms with Crippen LogP contribution in [-0.4, -0.2) is 31.1 Å². The normalized spacial score (nSPS) is 14.9. The van der Waals surface area contributed by atoms with Crippen LogP contribution in [0.5, 0.6) is 5.75 Å². The van der Waals surface area contributed by atoms with Crippen molar-refractivity contribution in [1.29, 1.82) is 0 Å². The van der Waals surface area contributed by atoms with Crippen LogP contribution in [0.4, 0.5) is 0 Å². The van der Waals surface area contributed by atoms with Gasteiger partial charge in [-0.2, -0.15) is 0 Å². The molecule has 2 rings (SSSR count). The Hall–Kier alpha value is -1.75. The number of nitrogens with one attached hydrogen (secondary N) is 1. The van der Waals surface area contributed by atoms with Crippen molar-refractivity contribution >= 4 is 30.5 Å². The number of aldehydes is 1. The monoisotopic (exact) mass is 377 g/mol. The second-order valence-electron chi connectivity index (χ2n) is 6.56. The molecule has 1 amide bonds. The molecule has 0 spiro atoms. The lowest BCUT2D eigenvalue weighted by Gasteiger charge is -2.21. The van der Waals surface area contributed by atoms with Gasteiger partial charge in [-0.3, -0.25) is 9.59 Å². The maximum Gasteiger partial charge on any atom is 0.206 e. The number of aryl methyl sites for hydroxylation is 1. The lowest BCUT2D eigenvalue weighted by atomic mass is 9.85. The highest BCUT2D eigenvalue weighted by molar-refractivity contribution is 8.03. The molecule has 2 N–H and O–H groups in total. The van der Waals surface area contributed by atoms with E-state index in [1.165, 1.54) is 62.3 Å². The van der Waals surface area contributed by atoms with E-state index in [0.29, 0.717) is 16.9 Å². The van der Waals surface area contributed by atoms with Crippen molar-refractivity contribution in [3.05, 3.63) is 34.2 Å². The largest absolute Gasteiger partial charge is 0.507 e. The molecule has 0 radical (unpaired) electrons. The van der Waals surface area contributed by atoms with Crippen LogP contribution < -0.4 is 5.32 Å². The van der Waals surface area contributed by atoms with Crippen molar-refractivity contribution in [2.45, 2.75) is 51.4 Å². The minimum absolute atomic E-state index is 0.267. The van der Waals surface area contributed by atoms with Gasteiger partial charge < -0.3 is 10.4 Å². The third-order valence-corrected chi connectivity index (χ3v) is 5.35. The van der Waals surface area contributed by atoms with Gasteiger partial charge in [0.2, 0.25) is 6.41 Å². The third kappa shape index (κ3) is 8.56. The molecular formula is C21H31NO3S. The Kier molecular flexibility index (Phi) is 11.5. The number of benzene rings is 1. The van der Waals surface area contributed by atoms with E-state index in [4.69, 9.17) is 4.79 Å². The van der Waals surface area contributed by atoms with Gasteiger partial charge in [0, 0.05) is 17.5 Å². The van der Waals surface area contributed by atoms with Crippen LogP contribution in [0.15, 0.2) is 23.1 Å². The van der Waals surface area contributed by atoms with E-state index in [2.05, 4.69) is 11.4 Å². The number of phenolic OH excluding ortho intramolecular Hbond substituents is 1. The van der Waals surface area contributed by atoms with E-state index in [9.17, 15) is 9.90 Å². The van der Waals surface area contributed by atoms with E-state index in [-0.39, 0.29) is 5.75 Å². The molecule has 0 aliphatic heterocycles. The van der Waals surface area contributed by atoms with Crippen LogP contribution in [0.25, 0.3) is 6.08 Å². The second-order valence-corrected chi connectivity index (χ2v) is 7.44. The summed E-state index contributed by atoms with van der Waals surface area (Å²) in [7, 11) is 1.56. The molecule has 0 aromatic heterocycles. The van der Waals surface area contributed by atoms with Gasteiger partial charge in [0.05, 0.1) is 0 Å². The Bertz CT molecular complexity index is 581. The number of carbonyl (C=O) groups excluding carboxylic acids is 2. The van der Waals surface area contributed by atoms with Crippen molar-refractivity contribution in [1.82, 2.24) is 5.32 Å². The highest BCUT2D eigenvalue weighted by Gasteiger charge is 2.12. The number of phenols is 1. The van der Waals surface area contributed by atoms with Crippen molar-refractivity contribution in [2.24, 2.45) is 5.92 Å². The molecule has 1 aliphatic rings. The van der Waals surface area contributed by atoms with E-state index < -0.39 is 0 Å². The molecular weight excluding hydrogens is 346 g/mol. The Morgan fingerprint density at radius 2 is 1.96 bits per heavy atom. The first-order valence-electron chi connectivity index (χ1n) is 9.28. The van der Waals surface area contributed by atoms with Crippen LogP contribution in [0.2, 0.25) is 0 Å². The maximum atomic E-state index is 10.8. The molecule has 0 bridgehead atoms. The summed E-state index contributed by atoms with van der Waals surface area (Å²) in [6.45, 7) is 0. The molecule has 1 aromatic carbocycles. The summed E-state index contributed by atoms with van der Waals surface area (Å²) in [4.78, 5) is 20.5. The topological polar surface area (TPSA) is 66.4 Å². The van der Waals surface area contributed by atoms with Crippen LogP contribution in [0.1, 0.15) is 56.1 Å². The second kappa shape index (κ2) is 13.5. The lowest BCUT2D eigenvalue weighted by Crippen LogP contribution is -2.06. The van der Waals surface area contributed by atoms with Gasteiger partial charge >= 0.3 is 0 Å². The van der Waals surface area contributed by atoms with Crippen LogP contribution >= 0.6 is 11.8 Å². The summed E-state index contributed by atoms with van der Waals surface area (Å²) < 4.78 is 0. The number of thioether (sulfide) groups is 1. The predicted molar refractivity (Wildman–Crippen MR) is 110 cm³/mol. The first-order valence-corrected chi connectivity index (χ1v) is 10.5. The molecule has 0 saturated heterocycles. The van der Waals surface area contributed by atoms with Gasteiger partial charge in [0.25, 0.3) is 0 Å². The fourth-order valence-corrected chi connectivity index (χ4v) is 3.57. The first kappa shape index (κ1) is 22.3. The lowest BCUT2D eigenvalue weighted by molar-refractivity contribution is -0.109. The van der Waals surface area contributed by atoms with Gasteiger partial charge in [0.1, 0.15) is 5.75 Å². The molecule has 4 nitrogen and oxygen atoms in total. The van der Waals surface area contributed by atoms with E-state index in [1.807, 2.05) is 18.4 Å². The number of rotatable bonds is 8. The quantitative estimate of drug-likeness (QED) is 0.515. The summed E-state index contributed by atoms with van der Waals surface area (Å²) in [5.41, 5.74) is 1.90. The molecule has 144 valence electrons. The Labute approximate surface area is 161 Å². The number of hydrogen-bond donors (Lipinski definition) is 2. The predicted octanol–water partition coefficient (Wildman–Crippen LogP) is 4.56. The molecule has 1 aliphatic carbocycles. The van der Waals surface area contributed by atoms with Crippen molar-refractivity contribution in [2.75, 3.05) is 13.3 Å². The molecule has 0 unspecified atom stereocenters. The van der Waals surface area contributed by atoms with E-state index in [1.54, 1.807) is 13.1 Å². The van der Waals surface area contributed by atoms with Gasteiger partial charge in [-0.05, 0) is 42.7 Å². The number of aromatic hydroxyl groups is 1. The first-order chi connectivity index (χ1) is 12.6. The van der Waals surface area contributed by atoms with E-state index >= 15 is 0 Å². The van der Waals surface area contributed by atoms with Crippen LogP contribution in [-0.2, 0) is 16.0 Å². The number of amides is 1. The SMILES string of the molecule is CNC=O.CS/C(C=O)=C\c1ccc(CCCC2CCCCC2)cc1O. The van der Waals surface area contributed by atoms with Crippen LogP contribution in [0, 0.1) is 5.92 Å². The van der Waals surface area contributed by atoms with Gasteiger partial charge in [0.15, 0.2) is 6.29 Å². The number of carbonyl (C=O) groups is 2. The molecule has 1 aromatic rings. The third-order valence-electron chi connectivity index (χ3n) is 4.66. The Morgan fingerprint density at radius 3 is 2.50 bits per heavy atom. The fourth-order valence-electron chi connectivity index (χ4n) is 3.23. The molecule has 5 heteroatoms. The smallest absolute Gasteiger partial charge is 0.206 e. The highest BCUT2D eigenvalue weighted by Crippen LogP contribution is 2.29. The minimum Gasteiger partial charge on any atom is -0.507 e. The molecule has 1 fully saturated rings. The zero-order valence-corrected chi connectivity index (χ0v) is 16.7. The highest BCUT2D eigenvalue weighted by atomic mass is 32.2. The summed E-state index contributed by atoms with van der Waals surface area (Å²) >= 11 is 1.39. The van der Waals surface area contributed by atoms with Crippen molar-refractivity contribution in [3.8, 4) is 5.75 Å². The molecule has 0 atom stereocenters.